The van der Waals surface area contributed by atoms with Gasteiger partial charge < -0.3 is 14.5 Å². The minimum absolute atomic E-state index is 0.0130. The van der Waals surface area contributed by atoms with Gasteiger partial charge in [-0.05, 0) is 47.6 Å². The summed E-state index contributed by atoms with van der Waals surface area (Å²) in [7, 11) is 0. The number of nitrogens with zero attached hydrogens (tertiary/aromatic N) is 5. The summed E-state index contributed by atoms with van der Waals surface area (Å²) in [5.74, 6) is 0.112. The number of aromatic nitrogens is 3. The molecule has 2 saturated heterocycles. The van der Waals surface area contributed by atoms with Gasteiger partial charge >= 0.3 is 0 Å². The van der Waals surface area contributed by atoms with Gasteiger partial charge in [0.1, 0.15) is 12.4 Å². The first-order chi connectivity index (χ1) is 16.4. The molecule has 0 unspecified atom stereocenters. The molecule has 0 spiro atoms. The Balaban J connectivity index is 1.25. The Bertz CT molecular complexity index is 1230. The molecule has 2 fully saturated rings. The molecule has 1 aromatic carbocycles. The van der Waals surface area contributed by atoms with E-state index in [9.17, 15) is 9.59 Å². The SMILES string of the molecule is [2H][C@]12CCC(=O)N1CCN(c1ncccc1C(=O)Nc1nnc(OCc3ccc(Cl)cc3)s1)C2. The first-order valence-corrected chi connectivity index (χ1v) is 11.6. The van der Waals surface area contributed by atoms with Gasteiger partial charge in [0.25, 0.3) is 11.1 Å². The van der Waals surface area contributed by atoms with E-state index >= 15 is 0 Å². The number of nitrogens with one attached hydrogen (secondary N) is 1. The van der Waals surface area contributed by atoms with Gasteiger partial charge in [0.15, 0.2) is 0 Å². The number of rotatable bonds is 6. The fourth-order valence-electron chi connectivity index (χ4n) is 3.88. The minimum atomic E-state index is -0.990. The van der Waals surface area contributed by atoms with Crippen molar-refractivity contribution in [3.63, 3.8) is 0 Å². The number of hydrogen-bond donors (Lipinski definition) is 1. The highest BCUT2D eigenvalue weighted by atomic mass is 35.5. The molecule has 1 atom stereocenters. The molecule has 1 N–H and O–H groups in total. The monoisotopic (exact) mass is 485 g/mol. The molecule has 0 radical (unpaired) electrons. The zero-order valence-corrected chi connectivity index (χ0v) is 19.1. The van der Waals surface area contributed by atoms with Crippen LogP contribution in [0.5, 0.6) is 5.19 Å². The van der Waals surface area contributed by atoms with Gasteiger partial charge in [-0.25, -0.2) is 4.98 Å². The number of pyridine rings is 1. The standard InChI is InChI=1S/C22H21ClN6O3S/c23-15-5-3-14(4-6-15)13-32-22-27-26-21(33-22)25-20(31)17-2-1-9-24-19(17)28-10-11-29-16(12-28)7-8-18(29)30/h1-6,9,16H,7-8,10-13H2,(H,25,26,31)/t16-/m1/s1/i16D. The van der Waals surface area contributed by atoms with Crippen LogP contribution < -0.4 is 15.0 Å². The Kier molecular flexibility index (Phi) is 5.75. The highest BCUT2D eigenvalue weighted by molar-refractivity contribution is 7.17. The molecule has 33 heavy (non-hydrogen) atoms. The van der Waals surface area contributed by atoms with E-state index < -0.39 is 6.02 Å². The van der Waals surface area contributed by atoms with Crippen molar-refractivity contribution >= 4 is 45.7 Å². The lowest BCUT2D eigenvalue weighted by Gasteiger charge is -2.38. The quantitative estimate of drug-likeness (QED) is 0.572. The summed E-state index contributed by atoms with van der Waals surface area (Å²) in [4.78, 5) is 33.1. The molecule has 11 heteroatoms. The highest BCUT2D eigenvalue weighted by Crippen LogP contribution is 2.28. The lowest BCUT2D eigenvalue weighted by molar-refractivity contribution is -0.129. The summed E-state index contributed by atoms with van der Waals surface area (Å²) in [6.07, 6.45) is 2.47. The molecule has 0 saturated carbocycles. The van der Waals surface area contributed by atoms with E-state index in [4.69, 9.17) is 17.7 Å². The Labute approximate surface area is 200 Å². The third-order valence-electron chi connectivity index (χ3n) is 5.51. The second-order valence-electron chi connectivity index (χ2n) is 7.65. The van der Waals surface area contributed by atoms with Crippen LogP contribution in [0.2, 0.25) is 5.02 Å². The molecule has 2 aliphatic rings. The maximum absolute atomic E-state index is 13.1. The molecule has 0 bridgehead atoms. The number of piperazine rings is 1. The van der Waals surface area contributed by atoms with Gasteiger partial charge in [-0.2, -0.15) is 0 Å². The average molecular weight is 486 g/mol. The first-order valence-electron chi connectivity index (χ1n) is 10.9. The number of carbonyl (C=O) groups is 2. The van der Waals surface area contributed by atoms with Crippen LogP contribution >= 0.6 is 22.9 Å². The molecular formula is C22H21ClN6O3S. The third-order valence-corrected chi connectivity index (χ3v) is 6.51. The Morgan fingerprint density at radius 2 is 2.12 bits per heavy atom. The van der Waals surface area contributed by atoms with Gasteiger partial charge in [0, 0.05) is 43.3 Å². The van der Waals surface area contributed by atoms with E-state index in [1.165, 1.54) is 0 Å². The van der Waals surface area contributed by atoms with Crippen molar-refractivity contribution in [1.82, 2.24) is 20.1 Å². The average Bonchev–Trinajstić information content (AvgIpc) is 3.41. The Hall–Kier alpha value is -3.24. The van der Waals surface area contributed by atoms with Crippen molar-refractivity contribution in [2.45, 2.75) is 25.5 Å². The second kappa shape index (κ2) is 9.32. The summed E-state index contributed by atoms with van der Waals surface area (Å²) in [6.45, 7) is 1.54. The lowest BCUT2D eigenvalue weighted by Crippen LogP contribution is -2.52. The van der Waals surface area contributed by atoms with E-state index in [-0.39, 0.29) is 11.8 Å². The lowest BCUT2D eigenvalue weighted by atomic mass is 10.1. The Morgan fingerprint density at radius 3 is 2.97 bits per heavy atom. The van der Waals surface area contributed by atoms with E-state index in [1.807, 2.05) is 17.0 Å². The molecule has 5 rings (SSSR count). The topological polar surface area (TPSA) is 101 Å². The smallest absolute Gasteiger partial charge is 0.296 e. The van der Waals surface area contributed by atoms with E-state index in [0.29, 0.717) is 65.8 Å². The number of fused-ring (bicyclic) bond motifs is 1. The van der Waals surface area contributed by atoms with Crippen LogP contribution in [0.25, 0.3) is 0 Å². The van der Waals surface area contributed by atoms with Gasteiger partial charge in [-0.3, -0.25) is 14.9 Å². The zero-order valence-electron chi connectivity index (χ0n) is 18.5. The molecule has 4 heterocycles. The molecule has 2 amide bonds. The molecule has 2 aliphatic heterocycles. The zero-order chi connectivity index (χ0) is 23.7. The van der Waals surface area contributed by atoms with Crippen LogP contribution in [0.1, 0.15) is 30.1 Å². The summed E-state index contributed by atoms with van der Waals surface area (Å²) in [6, 6.07) is 9.66. The van der Waals surface area contributed by atoms with E-state index in [0.717, 1.165) is 16.9 Å². The number of carbonyl (C=O) groups excluding carboxylic acids is 2. The van der Waals surface area contributed by atoms with Crippen LogP contribution in [0.3, 0.4) is 0 Å². The van der Waals surface area contributed by atoms with Crippen LogP contribution in [-0.4, -0.2) is 57.5 Å². The summed E-state index contributed by atoms with van der Waals surface area (Å²) in [5.41, 5.74) is 1.30. The van der Waals surface area contributed by atoms with E-state index in [2.05, 4.69) is 20.5 Å². The molecule has 2 aromatic heterocycles. The van der Waals surface area contributed by atoms with Gasteiger partial charge in [0.05, 0.1) is 6.93 Å². The number of amides is 2. The van der Waals surface area contributed by atoms with Gasteiger partial charge in [-0.15, -0.1) is 5.10 Å². The van der Waals surface area contributed by atoms with Crippen molar-refractivity contribution in [2.75, 3.05) is 29.9 Å². The summed E-state index contributed by atoms with van der Waals surface area (Å²) in [5, 5.41) is 12.0. The van der Waals surface area contributed by atoms with Crippen molar-refractivity contribution in [1.29, 1.82) is 0 Å². The fourth-order valence-corrected chi connectivity index (χ4v) is 4.60. The van der Waals surface area contributed by atoms with Crippen molar-refractivity contribution < 1.29 is 15.7 Å². The van der Waals surface area contributed by atoms with Crippen molar-refractivity contribution in [2.24, 2.45) is 0 Å². The number of hydrogen-bond acceptors (Lipinski definition) is 8. The molecule has 9 nitrogen and oxygen atoms in total. The van der Waals surface area contributed by atoms with Crippen LogP contribution in [0, 0.1) is 0 Å². The molecule has 3 aromatic rings. The predicted molar refractivity (Wildman–Crippen MR) is 125 cm³/mol. The minimum Gasteiger partial charge on any atom is -0.464 e. The van der Waals surface area contributed by atoms with Crippen LogP contribution in [0.15, 0.2) is 42.6 Å². The van der Waals surface area contributed by atoms with Crippen LogP contribution in [0.4, 0.5) is 10.9 Å². The van der Waals surface area contributed by atoms with Gasteiger partial charge in [-0.1, -0.05) is 28.8 Å². The highest BCUT2D eigenvalue weighted by Gasteiger charge is 2.36. The fraction of sp³-hybridized carbons (Fsp3) is 0.318. The third kappa shape index (κ3) is 4.76. The second-order valence-corrected chi connectivity index (χ2v) is 9.03. The van der Waals surface area contributed by atoms with E-state index in [1.54, 1.807) is 35.4 Å². The molecular weight excluding hydrogens is 464 g/mol. The van der Waals surface area contributed by atoms with Crippen LogP contribution in [-0.2, 0) is 11.4 Å². The van der Waals surface area contributed by atoms with Crippen molar-refractivity contribution in [3.8, 4) is 5.19 Å². The number of anilines is 2. The molecule has 0 aliphatic carbocycles. The predicted octanol–water partition coefficient (Wildman–Crippen LogP) is 3.23. The Morgan fingerprint density at radius 1 is 1.27 bits per heavy atom. The molecule has 170 valence electrons. The summed E-state index contributed by atoms with van der Waals surface area (Å²) >= 11 is 7.02. The van der Waals surface area contributed by atoms with Gasteiger partial charge in [0.2, 0.25) is 11.0 Å². The number of halogens is 1. The maximum atomic E-state index is 13.1. The number of benzene rings is 1. The van der Waals surface area contributed by atoms with Crippen molar-refractivity contribution in [3.05, 3.63) is 58.7 Å². The first kappa shape index (κ1) is 20.4. The normalized spacial score (nSPS) is 20.4. The summed E-state index contributed by atoms with van der Waals surface area (Å²) < 4.78 is 14.4. The number of ether oxygens (including phenoxy) is 1. The maximum Gasteiger partial charge on any atom is 0.296 e. The largest absolute Gasteiger partial charge is 0.464 e.